The molecule has 3 heteroatoms. The molecule has 2 aliphatic rings. The van der Waals surface area contributed by atoms with Crippen LogP contribution in [0.4, 0.5) is 4.39 Å². The first-order valence-corrected chi connectivity index (χ1v) is 4.78. The summed E-state index contributed by atoms with van der Waals surface area (Å²) in [6.45, 7) is 7.26. The average Bonchev–Trinajstić information content (AvgIpc) is 2.50. The fourth-order valence-electron chi connectivity index (χ4n) is 2.73. The van der Waals surface area contributed by atoms with E-state index in [9.17, 15) is 9.50 Å². The van der Waals surface area contributed by atoms with Crippen LogP contribution in [0.3, 0.4) is 0 Å². The monoisotopic (exact) mass is 185 g/mol. The smallest absolute Gasteiger partial charge is 0.115 e. The fourth-order valence-corrected chi connectivity index (χ4v) is 2.73. The fraction of sp³-hybridized carbons (Fsp3) is 0.800. The van der Waals surface area contributed by atoms with E-state index in [-0.39, 0.29) is 18.1 Å². The summed E-state index contributed by atoms with van der Waals surface area (Å²) in [7, 11) is 0. The average molecular weight is 185 g/mol. The predicted molar refractivity (Wildman–Crippen MR) is 49.2 cm³/mol. The van der Waals surface area contributed by atoms with Crippen LogP contribution in [-0.4, -0.2) is 41.4 Å². The van der Waals surface area contributed by atoms with Crippen molar-refractivity contribution in [3.63, 3.8) is 0 Å². The van der Waals surface area contributed by atoms with Gasteiger partial charge in [0, 0.05) is 19.5 Å². The Hall–Kier alpha value is -0.410. The van der Waals surface area contributed by atoms with Gasteiger partial charge < -0.3 is 5.11 Å². The zero-order chi connectivity index (χ0) is 9.64. The Morgan fingerprint density at radius 1 is 1.77 bits per heavy atom. The third kappa shape index (κ3) is 1.07. The van der Waals surface area contributed by atoms with E-state index < -0.39 is 6.17 Å². The first kappa shape index (κ1) is 9.16. The van der Waals surface area contributed by atoms with Gasteiger partial charge in [-0.2, -0.15) is 0 Å². The highest BCUT2D eigenvalue weighted by Gasteiger charge is 2.53. The van der Waals surface area contributed by atoms with E-state index in [2.05, 4.69) is 6.58 Å². The molecule has 0 bridgehead atoms. The summed E-state index contributed by atoms with van der Waals surface area (Å²) in [5, 5.41) is 9.38. The summed E-state index contributed by atoms with van der Waals surface area (Å²) in [6.07, 6.45) is -0.313. The molecule has 0 aromatic rings. The lowest BCUT2D eigenvalue weighted by molar-refractivity contribution is 0.0734. The maximum Gasteiger partial charge on any atom is 0.115 e. The van der Waals surface area contributed by atoms with E-state index in [1.807, 2.05) is 11.8 Å². The number of alkyl halides is 1. The zero-order valence-electron chi connectivity index (χ0n) is 7.96. The molecule has 0 saturated carbocycles. The lowest BCUT2D eigenvalue weighted by Crippen LogP contribution is -2.45. The second-order valence-electron chi connectivity index (χ2n) is 4.32. The Labute approximate surface area is 78.0 Å². The van der Waals surface area contributed by atoms with Crippen molar-refractivity contribution in [2.24, 2.45) is 5.92 Å². The van der Waals surface area contributed by atoms with Crippen molar-refractivity contribution in [3.8, 4) is 0 Å². The first-order valence-electron chi connectivity index (χ1n) is 4.78. The van der Waals surface area contributed by atoms with Crippen LogP contribution in [0.1, 0.15) is 13.3 Å². The van der Waals surface area contributed by atoms with Crippen molar-refractivity contribution in [1.29, 1.82) is 0 Å². The van der Waals surface area contributed by atoms with E-state index in [4.69, 9.17) is 0 Å². The first-order chi connectivity index (χ1) is 6.10. The third-order valence-corrected chi connectivity index (χ3v) is 3.71. The summed E-state index contributed by atoms with van der Waals surface area (Å²) in [4.78, 5) is 2.05. The second-order valence-corrected chi connectivity index (χ2v) is 4.32. The molecule has 2 fully saturated rings. The summed E-state index contributed by atoms with van der Waals surface area (Å²) in [5.74, 6) is 0.221. The molecule has 3 atom stereocenters. The van der Waals surface area contributed by atoms with Crippen molar-refractivity contribution >= 4 is 0 Å². The predicted octanol–water partition coefficient (Wildman–Crippen LogP) is 0.967. The molecule has 0 radical (unpaired) electrons. The molecule has 2 heterocycles. The maximum atomic E-state index is 13.2. The molecule has 1 unspecified atom stereocenters. The number of fused-ring (bicyclic) bond motifs is 1. The topological polar surface area (TPSA) is 23.5 Å². The van der Waals surface area contributed by atoms with Gasteiger partial charge in [-0.1, -0.05) is 19.1 Å². The number of rotatable bonds is 1. The van der Waals surface area contributed by atoms with Crippen LogP contribution >= 0.6 is 0 Å². The molecule has 74 valence electrons. The summed E-state index contributed by atoms with van der Waals surface area (Å²) in [5.41, 5.74) is 0.789. The molecule has 0 aromatic heterocycles. The van der Waals surface area contributed by atoms with Crippen molar-refractivity contribution < 1.29 is 9.50 Å². The minimum absolute atomic E-state index is 0.0492. The van der Waals surface area contributed by atoms with Crippen LogP contribution in [0, 0.1) is 5.92 Å². The largest absolute Gasteiger partial charge is 0.394 e. The molecular formula is C10H16FNO. The number of aliphatic hydroxyl groups is 1. The van der Waals surface area contributed by atoms with Gasteiger partial charge in [-0.3, -0.25) is 4.90 Å². The van der Waals surface area contributed by atoms with E-state index in [0.29, 0.717) is 13.0 Å². The Morgan fingerprint density at radius 3 is 3.00 bits per heavy atom. The van der Waals surface area contributed by atoms with Gasteiger partial charge in [0.15, 0.2) is 0 Å². The molecule has 2 rings (SSSR count). The van der Waals surface area contributed by atoms with Gasteiger partial charge in [-0.25, -0.2) is 4.39 Å². The van der Waals surface area contributed by atoms with Crippen LogP contribution in [0.5, 0.6) is 0 Å². The van der Waals surface area contributed by atoms with Crippen LogP contribution < -0.4 is 0 Å². The SMILES string of the molecule is C=C1CN2C[C@H](F)C[C@@]2(CO)C1C. The minimum atomic E-state index is -0.775. The van der Waals surface area contributed by atoms with E-state index >= 15 is 0 Å². The number of hydrogen-bond acceptors (Lipinski definition) is 2. The van der Waals surface area contributed by atoms with Gasteiger partial charge >= 0.3 is 0 Å². The highest BCUT2D eigenvalue weighted by Crippen LogP contribution is 2.45. The summed E-state index contributed by atoms with van der Waals surface area (Å²) in [6, 6.07) is 0. The van der Waals surface area contributed by atoms with Gasteiger partial charge in [0.2, 0.25) is 0 Å². The number of hydrogen-bond donors (Lipinski definition) is 1. The van der Waals surface area contributed by atoms with E-state index in [1.54, 1.807) is 0 Å². The molecule has 0 amide bonds. The highest BCUT2D eigenvalue weighted by molar-refractivity contribution is 5.23. The molecular weight excluding hydrogens is 169 g/mol. The van der Waals surface area contributed by atoms with Crippen molar-refractivity contribution in [3.05, 3.63) is 12.2 Å². The van der Waals surface area contributed by atoms with Crippen LogP contribution in [0.2, 0.25) is 0 Å². The van der Waals surface area contributed by atoms with Crippen molar-refractivity contribution in [2.45, 2.75) is 25.1 Å². The Balaban J connectivity index is 2.30. The lowest BCUT2D eigenvalue weighted by atomic mass is 9.83. The van der Waals surface area contributed by atoms with Crippen molar-refractivity contribution in [1.82, 2.24) is 4.90 Å². The van der Waals surface area contributed by atoms with Gasteiger partial charge in [-0.05, 0) is 5.92 Å². The summed E-state index contributed by atoms with van der Waals surface area (Å²) < 4.78 is 13.2. The van der Waals surface area contributed by atoms with Gasteiger partial charge in [0.25, 0.3) is 0 Å². The quantitative estimate of drug-likeness (QED) is 0.615. The van der Waals surface area contributed by atoms with Crippen LogP contribution in [0.15, 0.2) is 12.2 Å². The molecule has 1 N–H and O–H groups in total. The van der Waals surface area contributed by atoms with E-state index in [0.717, 1.165) is 12.1 Å². The molecule has 0 spiro atoms. The molecule has 0 aliphatic carbocycles. The van der Waals surface area contributed by atoms with Crippen molar-refractivity contribution in [2.75, 3.05) is 19.7 Å². The minimum Gasteiger partial charge on any atom is -0.394 e. The van der Waals surface area contributed by atoms with Gasteiger partial charge in [0.1, 0.15) is 6.17 Å². The third-order valence-electron chi connectivity index (χ3n) is 3.71. The van der Waals surface area contributed by atoms with Gasteiger partial charge in [0.05, 0.1) is 12.1 Å². The Morgan fingerprint density at radius 2 is 2.46 bits per heavy atom. The van der Waals surface area contributed by atoms with Crippen LogP contribution in [-0.2, 0) is 0 Å². The maximum absolute atomic E-state index is 13.2. The molecule has 0 aromatic carbocycles. The molecule has 2 nitrogen and oxygen atoms in total. The second kappa shape index (κ2) is 2.79. The number of halogens is 1. The molecule has 2 aliphatic heterocycles. The molecule has 2 saturated heterocycles. The normalized spacial score (nSPS) is 45.6. The zero-order valence-corrected chi connectivity index (χ0v) is 7.96. The standard InChI is InChI=1S/C10H16FNO/c1-7-4-12-5-9(11)3-10(12,6-13)8(7)2/h8-9,13H,1,3-6H2,2H3/t8?,9-,10-/m1/s1. The summed E-state index contributed by atoms with van der Waals surface area (Å²) >= 11 is 0. The Kier molecular flexibility index (Phi) is 1.96. The molecule has 13 heavy (non-hydrogen) atoms. The van der Waals surface area contributed by atoms with Gasteiger partial charge in [-0.15, -0.1) is 0 Å². The number of aliphatic hydroxyl groups excluding tert-OH is 1. The van der Waals surface area contributed by atoms with Crippen LogP contribution in [0.25, 0.3) is 0 Å². The lowest BCUT2D eigenvalue weighted by Gasteiger charge is -2.32. The van der Waals surface area contributed by atoms with E-state index in [1.165, 1.54) is 0 Å². The highest BCUT2D eigenvalue weighted by atomic mass is 19.1. The number of nitrogens with zero attached hydrogens (tertiary/aromatic N) is 1. The Bertz CT molecular complexity index is 243.